The van der Waals surface area contributed by atoms with Gasteiger partial charge in [0.25, 0.3) is 17.2 Å². The lowest BCUT2D eigenvalue weighted by Crippen LogP contribution is -2.22. The van der Waals surface area contributed by atoms with Crippen LogP contribution in [0.1, 0.15) is 27.3 Å². The fourth-order valence-electron chi connectivity index (χ4n) is 3.64. The Morgan fingerprint density at radius 1 is 1.03 bits per heavy atom. The third-order valence-corrected chi connectivity index (χ3v) is 5.33. The van der Waals surface area contributed by atoms with Gasteiger partial charge in [0.1, 0.15) is 5.82 Å². The second kappa shape index (κ2) is 8.07. The van der Waals surface area contributed by atoms with Gasteiger partial charge in [0, 0.05) is 22.9 Å². The molecule has 0 radical (unpaired) electrons. The molecule has 0 aliphatic heterocycles. The Labute approximate surface area is 183 Å². The van der Waals surface area contributed by atoms with Crippen LogP contribution < -0.4 is 10.9 Å². The van der Waals surface area contributed by atoms with Gasteiger partial charge in [-0.2, -0.15) is 0 Å². The number of fused-ring (bicyclic) bond motifs is 1. The lowest BCUT2D eigenvalue weighted by molar-refractivity contribution is -0.385. The molecule has 1 heterocycles. The first-order valence-electron chi connectivity index (χ1n) is 9.92. The van der Waals surface area contributed by atoms with Crippen molar-refractivity contribution in [2.24, 2.45) is 0 Å². The van der Waals surface area contributed by atoms with Gasteiger partial charge in [0.05, 0.1) is 21.5 Å². The van der Waals surface area contributed by atoms with Crippen LogP contribution in [0.3, 0.4) is 0 Å². The summed E-state index contributed by atoms with van der Waals surface area (Å²) in [6.45, 7) is 5.26. The maximum Gasteiger partial charge on any atom is 0.273 e. The van der Waals surface area contributed by atoms with Gasteiger partial charge in [-0.05, 0) is 57.2 Å². The molecule has 1 N–H and O–H groups in total. The van der Waals surface area contributed by atoms with Gasteiger partial charge < -0.3 is 5.32 Å². The molecule has 4 rings (SSSR count). The van der Waals surface area contributed by atoms with Gasteiger partial charge in [0.15, 0.2) is 0 Å². The highest BCUT2D eigenvalue weighted by Crippen LogP contribution is 2.23. The number of carbonyl (C=O) groups is 1. The molecular formula is C24H20N4O4. The first-order valence-corrected chi connectivity index (χ1v) is 9.92. The minimum absolute atomic E-state index is 0.128. The van der Waals surface area contributed by atoms with Crippen molar-refractivity contribution >= 4 is 28.2 Å². The van der Waals surface area contributed by atoms with Crippen molar-refractivity contribution < 1.29 is 9.72 Å². The molecule has 0 fully saturated rings. The number of hydrogen-bond donors (Lipinski definition) is 1. The van der Waals surface area contributed by atoms with Crippen LogP contribution in [0.4, 0.5) is 11.4 Å². The Balaban J connectivity index is 1.75. The number of carbonyl (C=O) groups excluding carboxylic acids is 1. The topological polar surface area (TPSA) is 107 Å². The summed E-state index contributed by atoms with van der Waals surface area (Å²) in [5, 5.41) is 14.2. The molecule has 1 amide bonds. The number of anilines is 1. The highest BCUT2D eigenvalue weighted by molar-refractivity contribution is 6.06. The van der Waals surface area contributed by atoms with Gasteiger partial charge >= 0.3 is 0 Å². The normalized spacial score (nSPS) is 10.8. The zero-order chi connectivity index (χ0) is 23.0. The molecule has 0 unspecified atom stereocenters. The minimum Gasteiger partial charge on any atom is -0.322 e. The lowest BCUT2D eigenvalue weighted by atomic mass is 10.1. The summed E-state index contributed by atoms with van der Waals surface area (Å²) < 4.78 is 1.53. The predicted octanol–water partition coefficient (Wildman–Crippen LogP) is 4.47. The van der Waals surface area contributed by atoms with E-state index in [1.165, 1.54) is 29.7 Å². The number of nitro groups is 1. The van der Waals surface area contributed by atoms with E-state index in [0.29, 0.717) is 28.1 Å². The standard InChI is InChI=1S/C24H20N4O4/c1-14-7-10-18(11-8-14)27-16(3)25-21-12-9-17(13-20(21)24(27)30)26-23(29)19-5-4-6-22(15(19)2)28(31)32/h4-13H,1-3H3,(H,26,29). The van der Waals surface area contributed by atoms with Crippen LogP contribution in [-0.4, -0.2) is 20.4 Å². The van der Waals surface area contributed by atoms with Gasteiger partial charge in [-0.25, -0.2) is 4.98 Å². The van der Waals surface area contributed by atoms with Crippen LogP contribution in [-0.2, 0) is 0 Å². The van der Waals surface area contributed by atoms with E-state index in [4.69, 9.17) is 0 Å². The van der Waals surface area contributed by atoms with E-state index in [-0.39, 0.29) is 22.4 Å². The number of rotatable bonds is 4. The summed E-state index contributed by atoms with van der Waals surface area (Å²) in [5.74, 6) is 0.0554. The van der Waals surface area contributed by atoms with Crippen molar-refractivity contribution in [3.63, 3.8) is 0 Å². The van der Waals surface area contributed by atoms with Gasteiger partial charge in [-0.3, -0.25) is 24.3 Å². The number of aromatic nitrogens is 2. The number of nitro benzene ring substituents is 1. The molecule has 1 aromatic heterocycles. The average molecular weight is 428 g/mol. The van der Waals surface area contributed by atoms with Crippen molar-refractivity contribution in [3.05, 3.63) is 104 Å². The van der Waals surface area contributed by atoms with Gasteiger partial charge in [-0.1, -0.05) is 23.8 Å². The maximum absolute atomic E-state index is 13.3. The van der Waals surface area contributed by atoms with Crippen molar-refractivity contribution in [2.45, 2.75) is 20.8 Å². The van der Waals surface area contributed by atoms with E-state index in [1.54, 1.807) is 25.1 Å². The second-order valence-corrected chi connectivity index (χ2v) is 7.53. The third-order valence-electron chi connectivity index (χ3n) is 5.33. The van der Waals surface area contributed by atoms with Crippen LogP contribution >= 0.6 is 0 Å². The molecule has 0 bridgehead atoms. The van der Waals surface area contributed by atoms with E-state index in [1.807, 2.05) is 31.2 Å². The summed E-state index contributed by atoms with van der Waals surface area (Å²) in [7, 11) is 0. The smallest absolute Gasteiger partial charge is 0.273 e. The zero-order valence-electron chi connectivity index (χ0n) is 17.7. The molecule has 8 heteroatoms. The van der Waals surface area contributed by atoms with Gasteiger partial charge in [0.2, 0.25) is 0 Å². The van der Waals surface area contributed by atoms with E-state index >= 15 is 0 Å². The molecule has 0 saturated heterocycles. The Bertz CT molecular complexity index is 1440. The summed E-state index contributed by atoms with van der Waals surface area (Å²) in [4.78, 5) is 41.2. The van der Waals surface area contributed by atoms with E-state index in [9.17, 15) is 19.7 Å². The molecule has 3 aromatic carbocycles. The molecule has 32 heavy (non-hydrogen) atoms. The molecule has 4 aromatic rings. The monoisotopic (exact) mass is 428 g/mol. The Morgan fingerprint density at radius 3 is 2.44 bits per heavy atom. The number of amides is 1. The summed E-state index contributed by atoms with van der Waals surface area (Å²) >= 11 is 0. The summed E-state index contributed by atoms with van der Waals surface area (Å²) in [6.07, 6.45) is 0. The van der Waals surface area contributed by atoms with Gasteiger partial charge in [-0.15, -0.1) is 0 Å². The highest BCUT2D eigenvalue weighted by Gasteiger charge is 2.18. The highest BCUT2D eigenvalue weighted by atomic mass is 16.6. The molecule has 0 atom stereocenters. The Kier molecular flexibility index (Phi) is 5.28. The molecule has 160 valence electrons. The third kappa shape index (κ3) is 3.74. The van der Waals surface area contributed by atoms with E-state index in [0.717, 1.165) is 5.56 Å². The largest absolute Gasteiger partial charge is 0.322 e. The SMILES string of the molecule is Cc1ccc(-n2c(C)nc3ccc(NC(=O)c4cccc([N+](=O)[O-])c4C)cc3c2=O)cc1. The summed E-state index contributed by atoms with van der Waals surface area (Å²) in [5.41, 5.74) is 2.78. The second-order valence-electron chi connectivity index (χ2n) is 7.53. The quantitative estimate of drug-likeness (QED) is 0.381. The van der Waals surface area contributed by atoms with Crippen LogP contribution in [0, 0.1) is 30.9 Å². The van der Waals surface area contributed by atoms with E-state index in [2.05, 4.69) is 10.3 Å². The zero-order valence-corrected chi connectivity index (χ0v) is 17.7. The fourth-order valence-corrected chi connectivity index (χ4v) is 3.64. The van der Waals surface area contributed by atoms with Crippen molar-refractivity contribution in [1.29, 1.82) is 0 Å². The minimum atomic E-state index is -0.524. The van der Waals surface area contributed by atoms with E-state index < -0.39 is 10.8 Å². The van der Waals surface area contributed by atoms with Crippen LogP contribution in [0.5, 0.6) is 0 Å². The first-order chi connectivity index (χ1) is 15.3. The summed E-state index contributed by atoms with van der Waals surface area (Å²) in [6, 6.07) is 16.8. The van der Waals surface area contributed by atoms with Crippen molar-refractivity contribution in [2.75, 3.05) is 5.32 Å². The Hall–Kier alpha value is -4.33. The predicted molar refractivity (Wildman–Crippen MR) is 123 cm³/mol. The fraction of sp³-hybridized carbons (Fsp3) is 0.125. The van der Waals surface area contributed by atoms with Crippen LogP contribution in [0.15, 0.2) is 65.5 Å². The number of nitrogens with zero attached hydrogens (tertiary/aromatic N) is 3. The number of benzene rings is 3. The average Bonchev–Trinajstić information content (AvgIpc) is 2.75. The van der Waals surface area contributed by atoms with Crippen molar-refractivity contribution in [1.82, 2.24) is 9.55 Å². The molecule has 0 aliphatic carbocycles. The van der Waals surface area contributed by atoms with Crippen molar-refractivity contribution in [3.8, 4) is 5.69 Å². The molecule has 0 saturated carbocycles. The van der Waals surface area contributed by atoms with Crippen LogP contribution in [0.25, 0.3) is 16.6 Å². The number of aryl methyl sites for hydroxylation is 2. The maximum atomic E-state index is 13.3. The molecular weight excluding hydrogens is 408 g/mol. The Morgan fingerprint density at radius 2 is 1.75 bits per heavy atom. The molecule has 8 nitrogen and oxygen atoms in total. The molecule has 0 aliphatic rings. The number of nitrogens with one attached hydrogen (secondary N) is 1. The lowest BCUT2D eigenvalue weighted by Gasteiger charge is -2.12. The first kappa shape index (κ1) is 20.9. The number of hydrogen-bond acceptors (Lipinski definition) is 5. The molecule has 0 spiro atoms. The van der Waals surface area contributed by atoms with Crippen LogP contribution in [0.2, 0.25) is 0 Å².